The van der Waals surface area contributed by atoms with E-state index in [0.717, 1.165) is 52.5 Å². The Bertz CT molecular complexity index is 1440. The van der Waals surface area contributed by atoms with Crippen molar-refractivity contribution in [3.05, 3.63) is 88.5 Å². The first-order valence-corrected chi connectivity index (χ1v) is 12.3. The van der Waals surface area contributed by atoms with Crippen molar-refractivity contribution < 1.29 is 4.42 Å². The highest BCUT2D eigenvalue weighted by atomic mass is 35.5. The Labute approximate surface area is 200 Å². The molecule has 1 aliphatic heterocycles. The van der Waals surface area contributed by atoms with Gasteiger partial charge in [0.05, 0.1) is 17.7 Å². The Hall–Kier alpha value is -2.93. The van der Waals surface area contributed by atoms with Crippen molar-refractivity contribution in [2.45, 2.75) is 19.4 Å². The number of likely N-dealkylation sites (tertiary alicyclic amines) is 1. The maximum absolute atomic E-state index is 13.3. The normalized spacial score (nSPS) is 15.4. The van der Waals surface area contributed by atoms with Crippen LogP contribution in [0.5, 0.6) is 0 Å². The SMILES string of the molecule is C=C/C=C(\C=C/CCl)c1cc2ncn(-c3ccc4oc(CN5CCCC5)cc4c3)c(=O)c2s1. The molecule has 0 spiro atoms. The fourth-order valence-corrected chi connectivity index (χ4v) is 5.37. The van der Waals surface area contributed by atoms with Crippen LogP contribution in [0.2, 0.25) is 0 Å². The minimum atomic E-state index is -0.0874. The Morgan fingerprint density at radius 1 is 1.24 bits per heavy atom. The van der Waals surface area contributed by atoms with Crippen LogP contribution in [0.15, 0.2) is 76.8 Å². The summed E-state index contributed by atoms with van der Waals surface area (Å²) < 4.78 is 8.25. The van der Waals surface area contributed by atoms with Gasteiger partial charge in [0.2, 0.25) is 0 Å². The van der Waals surface area contributed by atoms with Gasteiger partial charge in [0, 0.05) is 16.1 Å². The molecule has 5 rings (SSSR count). The predicted octanol–water partition coefficient (Wildman–Crippen LogP) is 6.15. The monoisotopic (exact) mass is 477 g/mol. The van der Waals surface area contributed by atoms with Gasteiger partial charge in [-0.25, -0.2) is 4.98 Å². The van der Waals surface area contributed by atoms with Crippen molar-refractivity contribution in [3.8, 4) is 5.69 Å². The number of fused-ring (bicyclic) bond motifs is 2. The summed E-state index contributed by atoms with van der Waals surface area (Å²) in [6.45, 7) is 6.86. The van der Waals surface area contributed by atoms with Gasteiger partial charge in [-0.05, 0) is 61.8 Å². The summed E-state index contributed by atoms with van der Waals surface area (Å²) in [5.41, 5.74) is 3.15. The molecular weight excluding hydrogens is 454 g/mol. The molecule has 0 unspecified atom stereocenters. The number of hydrogen-bond donors (Lipinski definition) is 0. The number of thiophene rings is 1. The van der Waals surface area contributed by atoms with Gasteiger partial charge in [-0.2, -0.15) is 0 Å². The lowest BCUT2D eigenvalue weighted by molar-refractivity contribution is 0.302. The lowest BCUT2D eigenvalue weighted by atomic mass is 10.2. The van der Waals surface area contributed by atoms with Gasteiger partial charge in [-0.1, -0.05) is 30.9 Å². The molecule has 7 heteroatoms. The lowest BCUT2D eigenvalue weighted by Crippen LogP contribution is -2.17. The number of halogens is 1. The van der Waals surface area contributed by atoms with E-state index in [1.54, 1.807) is 17.0 Å². The summed E-state index contributed by atoms with van der Waals surface area (Å²) in [4.78, 5) is 21.2. The zero-order chi connectivity index (χ0) is 22.8. The van der Waals surface area contributed by atoms with Crippen molar-refractivity contribution in [1.82, 2.24) is 14.5 Å². The second kappa shape index (κ2) is 9.51. The third-order valence-electron chi connectivity index (χ3n) is 5.81. The highest BCUT2D eigenvalue weighted by Gasteiger charge is 2.16. The van der Waals surface area contributed by atoms with E-state index in [-0.39, 0.29) is 5.56 Å². The number of alkyl halides is 1. The molecule has 1 aliphatic rings. The van der Waals surface area contributed by atoms with Crippen LogP contribution in [-0.2, 0) is 6.54 Å². The van der Waals surface area contributed by atoms with Crippen molar-refractivity contribution in [2.75, 3.05) is 19.0 Å². The Morgan fingerprint density at radius 3 is 2.88 bits per heavy atom. The fraction of sp³-hybridized carbons (Fsp3) is 0.231. The Morgan fingerprint density at radius 2 is 2.09 bits per heavy atom. The van der Waals surface area contributed by atoms with Gasteiger partial charge in [0.15, 0.2) is 0 Å². The maximum atomic E-state index is 13.3. The Balaban J connectivity index is 1.50. The van der Waals surface area contributed by atoms with E-state index in [1.807, 2.05) is 42.5 Å². The lowest BCUT2D eigenvalue weighted by Gasteiger charge is -2.11. The topological polar surface area (TPSA) is 51.3 Å². The second-order valence-corrected chi connectivity index (χ2v) is 9.44. The minimum absolute atomic E-state index is 0.0874. The summed E-state index contributed by atoms with van der Waals surface area (Å²) in [6, 6.07) is 9.83. The minimum Gasteiger partial charge on any atom is -0.460 e. The second-order valence-electron chi connectivity index (χ2n) is 8.08. The van der Waals surface area contributed by atoms with Gasteiger partial charge >= 0.3 is 0 Å². The molecule has 0 aliphatic carbocycles. The summed E-state index contributed by atoms with van der Waals surface area (Å²) in [5, 5.41) is 0.989. The van der Waals surface area contributed by atoms with Gasteiger partial charge in [0.25, 0.3) is 5.56 Å². The van der Waals surface area contributed by atoms with E-state index in [0.29, 0.717) is 16.1 Å². The summed E-state index contributed by atoms with van der Waals surface area (Å²) >= 11 is 7.23. The van der Waals surface area contributed by atoms with Crippen LogP contribution >= 0.6 is 22.9 Å². The Kier molecular flexibility index (Phi) is 6.31. The third kappa shape index (κ3) is 4.47. The van der Waals surface area contributed by atoms with E-state index in [4.69, 9.17) is 16.0 Å². The molecule has 4 heterocycles. The predicted molar refractivity (Wildman–Crippen MR) is 138 cm³/mol. The van der Waals surface area contributed by atoms with Crippen molar-refractivity contribution in [2.24, 2.45) is 0 Å². The smallest absolute Gasteiger partial charge is 0.275 e. The van der Waals surface area contributed by atoms with Crippen LogP contribution in [0.1, 0.15) is 23.5 Å². The molecule has 0 saturated carbocycles. The summed E-state index contributed by atoms with van der Waals surface area (Å²) in [7, 11) is 0. The molecule has 5 nitrogen and oxygen atoms in total. The average Bonchev–Trinajstić information content (AvgIpc) is 3.56. The first-order chi connectivity index (χ1) is 16.2. The molecule has 4 aromatic rings. The molecule has 1 fully saturated rings. The van der Waals surface area contributed by atoms with Crippen LogP contribution < -0.4 is 5.56 Å². The maximum Gasteiger partial charge on any atom is 0.275 e. The van der Waals surface area contributed by atoms with Crippen LogP contribution in [0.4, 0.5) is 0 Å². The quantitative estimate of drug-likeness (QED) is 0.236. The molecule has 33 heavy (non-hydrogen) atoms. The molecule has 1 saturated heterocycles. The third-order valence-corrected chi connectivity index (χ3v) is 7.15. The average molecular weight is 478 g/mol. The van der Waals surface area contributed by atoms with Crippen LogP contribution in [-0.4, -0.2) is 33.4 Å². The van der Waals surface area contributed by atoms with E-state index < -0.39 is 0 Å². The molecule has 0 radical (unpaired) electrons. The number of furan rings is 1. The number of hydrogen-bond acceptors (Lipinski definition) is 5. The molecule has 1 aromatic carbocycles. The first kappa shape index (κ1) is 21.9. The van der Waals surface area contributed by atoms with Crippen LogP contribution in [0.3, 0.4) is 0 Å². The van der Waals surface area contributed by atoms with Crippen molar-refractivity contribution in [1.29, 1.82) is 0 Å². The van der Waals surface area contributed by atoms with E-state index >= 15 is 0 Å². The van der Waals surface area contributed by atoms with Crippen LogP contribution in [0.25, 0.3) is 32.4 Å². The largest absolute Gasteiger partial charge is 0.460 e. The van der Waals surface area contributed by atoms with Crippen molar-refractivity contribution in [3.63, 3.8) is 0 Å². The zero-order valence-corrected chi connectivity index (χ0v) is 19.7. The highest BCUT2D eigenvalue weighted by molar-refractivity contribution is 7.20. The first-order valence-electron chi connectivity index (χ1n) is 11.0. The molecule has 0 amide bonds. The van der Waals surface area contributed by atoms with Crippen molar-refractivity contribution >= 4 is 49.7 Å². The molecule has 168 valence electrons. The van der Waals surface area contributed by atoms with Gasteiger partial charge in [-0.3, -0.25) is 14.3 Å². The van der Waals surface area contributed by atoms with Gasteiger partial charge in [-0.15, -0.1) is 22.9 Å². The number of aromatic nitrogens is 2. The van der Waals surface area contributed by atoms with Gasteiger partial charge < -0.3 is 4.42 Å². The standard InChI is InChI=1S/C26H24ClN3O2S/c1-2-6-18(7-5-10-27)24-15-22-25(33-24)26(31)30(17-28-22)20-8-9-23-19(13-20)14-21(32-23)16-29-11-3-4-12-29/h2,5-9,13-15,17H,1,3-4,10-12,16H2/b7-5-,18-6+. The number of benzene rings is 1. The molecule has 0 bridgehead atoms. The van der Waals surface area contributed by atoms with Gasteiger partial charge in [0.1, 0.15) is 22.4 Å². The summed E-state index contributed by atoms with van der Waals surface area (Å²) in [5.74, 6) is 1.38. The van der Waals surface area contributed by atoms with E-state index in [9.17, 15) is 4.79 Å². The zero-order valence-electron chi connectivity index (χ0n) is 18.2. The van der Waals surface area contributed by atoms with E-state index in [1.165, 1.54) is 24.2 Å². The number of nitrogens with zero attached hydrogens (tertiary/aromatic N) is 3. The molecule has 3 aromatic heterocycles. The fourth-order valence-electron chi connectivity index (χ4n) is 4.23. The molecule has 0 N–H and O–H groups in total. The number of rotatable bonds is 7. The van der Waals surface area contributed by atoms with E-state index in [2.05, 4.69) is 22.5 Å². The number of allylic oxidation sites excluding steroid dienone is 5. The molecular formula is C26H24ClN3O2S. The van der Waals surface area contributed by atoms with Crippen LogP contribution in [0, 0.1) is 0 Å². The summed E-state index contributed by atoms with van der Waals surface area (Å²) in [6.07, 6.45) is 11.5. The molecule has 0 atom stereocenters. The highest BCUT2D eigenvalue weighted by Crippen LogP contribution is 2.29.